The lowest BCUT2D eigenvalue weighted by Crippen LogP contribution is -2.39. The van der Waals surface area contributed by atoms with Gasteiger partial charge in [0.2, 0.25) is 0 Å². The Labute approximate surface area is 175 Å². The highest BCUT2D eigenvalue weighted by Crippen LogP contribution is 2.04. The van der Waals surface area contributed by atoms with Crippen LogP contribution in [0.2, 0.25) is 6.04 Å². The van der Waals surface area contributed by atoms with Crippen LogP contribution in [-0.4, -0.2) is 58.1 Å². The van der Waals surface area contributed by atoms with Gasteiger partial charge in [0.15, 0.2) is 0 Å². The zero-order valence-electron chi connectivity index (χ0n) is 18.3. The molecule has 164 valence electrons. The zero-order valence-corrected chi connectivity index (χ0v) is 20.6. The third-order valence-corrected chi connectivity index (χ3v) is 8.58. The molecule has 1 aromatic carbocycles. The Bertz CT molecular complexity index is 458. The molecule has 6 nitrogen and oxygen atoms in total. The molecule has 0 saturated heterocycles. The lowest BCUT2D eigenvalue weighted by Gasteiger charge is -2.18. The average Bonchev–Trinajstić information content (AvgIpc) is 2.71. The fourth-order valence-corrected chi connectivity index (χ4v) is 6.30. The molecule has 0 aliphatic carbocycles. The van der Waals surface area contributed by atoms with E-state index in [9.17, 15) is 0 Å². The van der Waals surface area contributed by atoms with Crippen molar-refractivity contribution in [2.75, 3.05) is 39.5 Å². The van der Waals surface area contributed by atoms with E-state index in [0.29, 0.717) is 13.2 Å². The summed E-state index contributed by atoms with van der Waals surface area (Å²) in [7, 11) is -3.05. The summed E-state index contributed by atoms with van der Waals surface area (Å²) >= 11 is 0. The predicted octanol–water partition coefficient (Wildman–Crippen LogP) is 1.71. The van der Waals surface area contributed by atoms with Gasteiger partial charge in [-0.3, -0.25) is 0 Å². The molecule has 4 N–H and O–H groups in total. The maximum Gasteiger partial charge on any atom is 0.356 e. The van der Waals surface area contributed by atoms with Crippen LogP contribution in [0.3, 0.4) is 0 Å². The summed E-state index contributed by atoms with van der Waals surface area (Å²) < 4.78 is 22.4. The van der Waals surface area contributed by atoms with Gasteiger partial charge in [0.05, 0.1) is 0 Å². The first-order valence-corrected chi connectivity index (χ1v) is 13.9. The lowest BCUT2D eigenvalue weighted by atomic mass is 10.1. The smallest absolute Gasteiger partial charge is 0.356 e. The number of aryl methyl sites for hydroxylation is 1. The SMILES string of the molecule is CCO[SiH](CCCN)OCC.CCO[SiH](OCC)c1ccccc1CCCN. The van der Waals surface area contributed by atoms with Gasteiger partial charge in [0.25, 0.3) is 0 Å². The molecule has 0 radical (unpaired) electrons. The third-order valence-electron chi connectivity index (χ3n) is 3.94. The Morgan fingerprint density at radius 3 is 1.79 bits per heavy atom. The van der Waals surface area contributed by atoms with Crippen LogP contribution in [0.4, 0.5) is 0 Å². The monoisotopic (exact) mass is 430 g/mol. The second-order valence-electron chi connectivity index (χ2n) is 6.10. The quantitative estimate of drug-likeness (QED) is 0.412. The molecular weight excluding hydrogens is 388 g/mol. The molecule has 0 aliphatic rings. The van der Waals surface area contributed by atoms with Crippen molar-refractivity contribution in [2.45, 2.75) is 53.0 Å². The first-order valence-electron chi connectivity index (χ1n) is 10.6. The van der Waals surface area contributed by atoms with E-state index in [0.717, 1.165) is 51.6 Å². The van der Waals surface area contributed by atoms with Crippen LogP contribution in [0, 0.1) is 0 Å². The van der Waals surface area contributed by atoms with Crippen molar-refractivity contribution < 1.29 is 17.7 Å². The van der Waals surface area contributed by atoms with Crippen LogP contribution in [0.25, 0.3) is 0 Å². The van der Waals surface area contributed by atoms with Crippen LogP contribution in [-0.2, 0) is 24.1 Å². The maximum absolute atomic E-state index is 5.77. The molecule has 28 heavy (non-hydrogen) atoms. The highest BCUT2D eigenvalue weighted by Gasteiger charge is 2.18. The zero-order chi connectivity index (χ0) is 21.0. The normalized spacial score (nSPS) is 11.0. The van der Waals surface area contributed by atoms with Gasteiger partial charge in [-0.25, -0.2) is 0 Å². The summed E-state index contributed by atoms with van der Waals surface area (Å²) in [4.78, 5) is 0. The molecule has 1 aromatic rings. The highest BCUT2D eigenvalue weighted by molar-refractivity contribution is 6.61. The Balaban J connectivity index is 0.000000576. The topological polar surface area (TPSA) is 89.0 Å². The number of hydrogen-bond donors (Lipinski definition) is 2. The Morgan fingerprint density at radius 2 is 1.29 bits per heavy atom. The van der Waals surface area contributed by atoms with Crippen molar-refractivity contribution in [1.82, 2.24) is 0 Å². The van der Waals surface area contributed by atoms with Crippen molar-refractivity contribution in [1.29, 1.82) is 0 Å². The van der Waals surface area contributed by atoms with Crippen molar-refractivity contribution >= 4 is 23.8 Å². The van der Waals surface area contributed by atoms with E-state index in [1.165, 1.54) is 10.8 Å². The van der Waals surface area contributed by atoms with E-state index in [-0.39, 0.29) is 0 Å². The molecular formula is C20H42N2O4Si2. The molecule has 0 spiro atoms. The Hall–Kier alpha value is -0.586. The van der Waals surface area contributed by atoms with Gasteiger partial charge < -0.3 is 29.2 Å². The number of rotatable bonds is 15. The van der Waals surface area contributed by atoms with Crippen LogP contribution in [0.5, 0.6) is 0 Å². The molecule has 0 bridgehead atoms. The predicted molar refractivity (Wildman–Crippen MR) is 123 cm³/mol. The summed E-state index contributed by atoms with van der Waals surface area (Å²) in [5.41, 5.74) is 12.3. The second-order valence-corrected chi connectivity index (χ2v) is 10.2. The summed E-state index contributed by atoms with van der Waals surface area (Å²) in [6, 6.07) is 9.45. The van der Waals surface area contributed by atoms with E-state index in [4.69, 9.17) is 29.2 Å². The molecule has 0 aromatic heterocycles. The molecule has 0 heterocycles. The molecule has 0 amide bonds. The summed E-state index contributed by atoms with van der Waals surface area (Å²) in [6.07, 6.45) is 3.05. The van der Waals surface area contributed by atoms with E-state index in [2.05, 4.69) is 24.3 Å². The minimum atomic E-state index is -1.71. The summed E-state index contributed by atoms with van der Waals surface area (Å²) in [5.74, 6) is 0. The third kappa shape index (κ3) is 12.8. The summed E-state index contributed by atoms with van der Waals surface area (Å²) in [5, 5.41) is 1.27. The van der Waals surface area contributed by atoms with Crippen LogP contribution in [0.15, 0.2) is 24.3 Å². The first kappa shape index (κ1) is 27.4. The average molecular weight is 431 g/mol. The van der Waals surface area contributed by atoms with E-state index in [1.807, 2.05) is 27.7 Å². The second kappa shape index (κ2) is 19.7. The Kier molecular flexibility index (Phi) is 19.3. The largest absolute Gasteiger partial charge is 0.397 e. The minimum absolute atomic E-state index is 0.710. The van der Waals surface area contributed by atoms with Crippen LogP contribution < -0.4 is 16.7 Å². The molecule has 0 fully saturated rings. The molecule has 0 aliphatic heterocycles. The van der Waals surface area contributed by atoms with Gasteiger partial charge >= 0.3 is 18.6 Å². The molecule has 1 rings (SSSR count). The molecule has 8 heteroatoms. The van der Waals surface area contributed by atoms with E-state index < -0.39 is 18.6 Å². The Morgan fingerprint density at radius 1 is 0.750 bits per heavy atom. The molecule has 0 saturated carbocycles. The fourth-order valence-electron chi connectivity index (χ4n) is 2.69. The van der Waals surface area contributed by atoms with Crippen LogP contribution >= 0.6 is 0 Å². The highest BCUT2D eigenvalue weighted by atomic mass is 28.3. The minimum Gasteiger partial charge on any atom is -0.397 e. The molecule has 0 atom stereocenters. The van der Waals surface area contributed by atoms with Crippen molar-refractivity contribution in [3.8, 4) is 0 Å². The van der Waals surface area contributed by atoms with Gasteiger partial charge in [-0.05, 0) is 76.8 Å². The number of benzene rings is 1. The first-order chi connectivity index (χ1) is 13.7. The van der Waals surface area contributed by atoms with Crippen LogP contribution in [0.1, 0.15) is 46.1 Å². The number of nitrogens with two attached hydrogens (primary N) is 2. The van der Waals surface area contributed by atoms with Crippen molar-refractivity contribution in [3.63, 3.8) is 0 Å². The van der Waals surface area contributed by atoms with Gasteiger partial charge in [-0.15, -0.1) is 0 Å². The van der Waals surface area contributed by atoms with Gasteiger partial charge in [-0.1, -0.05) is 24.3 Å². The van der Waals surface area contributed by atoms with E-state index >= 15 is 0 Å². The van der Waals surface area contributed by atoms with Gasteiger partial charge in [0, 0.05) is 26.4 Å². The fraction of sp³-hybridized carbons (Fsp3) is 0.700. The maximum atomic E-state index is 5.77. The van der Waals surface area contributed by atoms with E-state index in [1.54, 1.807) is 0 Å². The van der Waals surface area contributed by atoms with Crippen molar-refractivity contribution in [2.24, 2.45) is 11.5 Å². The summed E-state index contributed by atoms with van der Waals surface area (Å²) in [6.45, 7) is 12.5. The van der Waals surface area contributed by atoms with Gasteiger partial charge in [-0.2, -0.15) is 0 Å². The lowest BCUT2D eigenvalue weighted by molar-refractivity contribution is 0.213. The van der Waals surface area contributed by atoms with Gasteiger partial charge in [0.1, 0.15) is 0 Å². The molecule has 0 unspecified atom stereocenters. The standard InChI is InChI=1S/C13H23NO2Si.C7H19NO2Si/c1-3-15-17(16-4-2)13-10-6-5-8-12(13)9-7-11-14;1-3-9-11(10-4-2)7-5-6-8/h5-6,8,10,17H,3-4,7,9,11,14H2,1-2H3;11H,3-8H2,1-2H3. The van der Waals surface area contributed by atoms with Crippen molar-refractivity contribution in [3.05, 3.63) is 29.8 Å². The number of hydrogen-bond acceptors (Lipinski definition) is 6.